The third-order valence-electron chi connectivity index (χ3n) is 2.28. The van der Waals surface area contributed by atoms with Crippen molar-refractivity contribution in [3.63, 3.8) is 0 Å². The van der Waals surface area contributed by atoms with E-state index in [2.05, 4.69) is 4.99 Å². The predicted molar refractivity (Wildman–Crippen MR) is 60.1 cm³/mol. The molecule has 0 aliphatic carbocycles. The maximum atomic E-state index is 12.7. The topological polar surface area (TPSA) is 64.4 Å². The second-order valence-corrected chi connectivity index (χ2v) is 4.13. The number of halogens is 1. The molecule has 0 saturated heterocycles. The maximum absolute atomic E-state index is 12.7. The second kappa shape index (κ2) is 4.29. The van der Waals surface area contributed by atoms with E-state index in [-0.39, 0.29) is 17.2 Å². The first-order valence-corrected chi connectivity index (χ1v) is 4.73. The Morgan fingerprint density at radius 2 is 1.80 bits per heavy atom. The summed E-state index contributed by atoms with van der Waals surface area (Å²) in [6, 6.07) is 6.37. The van der Waals surface area contributed by atoms with Gasteiger partial charge in [0.1, 0.15) is 5.82 Å². The summed E-state index contributed by atoms with van der Waals surface area (Å²) in [5.41, 5.74) is 11.4. The van der Waals surface area contributed by atoms with Gasteiger partial charge in [0, 0.05) is 5.41 Å². The number of nitrogens with zero attached hydrogens (tertiary/aromatic N) is 1. The van der Waals surface area contributed by atoms with Crippen molar-refractivity contribution < 1.29 is 4.39 Å². The number of benzene rings is 1. The van der Waals surface area contributed by atoms with Crippen LogP contribution < -0.4 is 11.5 Å². The van der Waals surface area contributed by atoms with Crippen LogP contribution in [0.4, 0.5) is 4.39 Å². The lowest BCUT2D eigenvalue weighted by atomic mass is 9.85. The molecule has 0 radical (unpaired) electrons. The summed E-state index contributed by atoms with van der Waals surface area (Å²) in [7, 11) is 0. The molecule has 0 heterocycles. The molecule has 0 saturated carbocycles. The first-order chi connectivity index (χ1) is 6.92. The number of hydrogen-bond acceptors (Lipinski definition) is 1. The number of guanidine groups is 1. The van der Waals surface area contributed by atoms with Gasteiger partial charge in [0.25, 0.3) is 0 Å². The molecular weight excluding hydrogens is 193 g/mol. The zero-order chi connectivity index (χ0) is 11.5. The molecular formula is C11H16FN3. The minimum Gasteiger partial charge on any atom is -0.370 e. The van der Waals surface area contributed by atoms with Crippen molar-refractivity contribution >= 4 is 5.96 Å². The summed E-state index contributed by atoms with van der Waals surface area (Å²) >= 11 is 0. The molecule has 1 aromatic carbocycles. The molecule has 3 nitrogen and oxygen atoms in total. The normalized spacial score (nSPS) is 11.1. The van der Waals surface area contributed by atoms with E-state index in [9.17, 15) is 4.39 Å². The van der Waals surface area contributed by atoms with Crippen molar-refractivity contribution in [2.24, 2.45) is 16.5 Å². The molecule has 0 aliphatic heterocycles. The Balaban J connectivity index is 2.85. The van der Waals surface area contributed by atoms with Crippen molar-refractivity contribution in [3.05, 3.63) is 35.6 Å². The molecule has 4 heteroatoms. The minimum atomic E-state index is -0.239. The van der Waals surface area contributed by atoms with Gasteiger partial charge in [0.15, 0.2) is 5.96 Å². The fourth-order valence-corrected chi connectivity index (χ4v) is 1.28. The third-order valence-corrected chi connectivity index (χ3v) is 2.28. The van der Waals surface area contributed by atoms with Gasteiger partial charge in [-0.05, 0) is 17.7 Å². The van der Waals surface area contributed by atoms with Gasteiger partial charge < -0.3 is 11.5 Å². The lowest BCUT2D eigenvalue weighted by molar-refractivity contribution is 0.537. The van der Waals surface area contributed by atoms with Crippen LogP contribution in [0, 0.1) is 5.82 Å². The van der Waals surface area contributed by atoms with Crippen LogP contribution in [0.3, 0.4) is 0 Å². The molecule has 0 aliphatic rings. The van der Waals surface area contributed by atoms with Crippen LogP contribution in [0.2, 0.25) is 0 Å². The van der Waals surface area contributed by atoms with E-state index in [1.54, 1.807) is 12.1 Å². The zero-order valence-corrected chi connectivity index (χ0v) is 9.00. The molecule has 15 heavy (non-hydrogen) atoms. The minimum absolute atomic E-state index is 0.0742. The summed E-state index contributed by atoms with van der Waals surface area (Å²) in [6.45, 7) is 4.50. The van der Waals surface area contributed by atoms with Gasteiger partial charge >= 0.3 is 0 Å². The number of nitrogens with two attached hydrogens (primary N) is 2. The fourth-order valence-electron chi connectivity index (χ4n) is 1.28. The van der Waals surface area contributed by atoms with E-state index >= 15 is 0 Å². The molecule has 0 spiro atoms. The molecule has 1 aromatic rings. The van der Waals surface area contributed by atoms with E-state index in [4.69, 9.17) is 11.5 Å². The molecule has 0 aromatic heterocycles. The van der Waals surface area contributed by atoms with E-state index in [1.165, 1.54) is 12.1 Å². The summed E-state index contributed by atoms with van der Waals surface area (Å²) in [6.07, 6.45) is 0. The standard InChI is InChI=1S/C11H16FN3/c1-11(2,7-15-10(13)14)8-3-5-9(12)6-4-8/h3-6H,7H2,1-2H3,(H4,13,14,15). The summed E-state index contributed by atoms with van der Waals surface area (Å²) < 4.78 is 12.7. The van der Waals surface area contributed by atoms with E-state index in [0.717, 1.165) is 5.56 Å². The van der Waals surface area contributed by atoms with Crippen molar-refractivity contribution in [1.82, 2.24) is 0 Å². The van der Waals surface area contributed by atoms with Crippen molar-refractivity contribution in [2.75, 3.05) is 6.54 Å². The third kappa shape index (κ3) is 3.23. The first kappa shape index (κ1) is 11.5. The molecule has 0 unspecified atom stereocenters. The quantitative estimate of drug-likeness (QED) is 0.583. The van der Waals surface area contributed by atoms with Crippen LogP contribution in [0.15, 0.2) is 29.3 Å². The summed E-state index contributed by atoms with van der Waals surface area (Å²) in [5, 5.41) is 0. The van der Waals surface area contributed by atoms with Crippen LogP contribution in [0.25, 0.3) is 0 Å². The molecule has 0 amide bonds. The van der Waals surface area contributed by atoms with Gasteiger partial charge in [0.2, 0.25) is 0 Å². The lowest BCUT2D eigenvalue weighted by Gasteiger charge is -2.22. The van der Waals surface area contributed by atoms with Crippen LogP contribution >= 0.6 is 0 Å². The van der Waals surface area contributed by atoms with Gasteiger partial charge in [-0.3, -0.25) is 4.99 Å². The predicted octanol–water partition coefficient (Wildman–Crippen LogP) is 1.38. The molecule has 1 rings (SSSR count). The number of aliphatic imine (C=N–C) groups is 1. The zero-order valence-electron chi connectivity index (χ0n) is 9.00. The number of rotatable bonds is 3. The SMILES string of the molecule is CC(C)(CN=C(N)N)c1ccc(F)cc1. The molecule has 0 fully saturated rings. The van der Waals surface area contributed by atoms with Crippen molar-refractivity contribution in [3.8, 4) is 0 Å². The van der Waals surface area contributed by atoms with Crippen molar-refractivity contribution in [2.45, 2.75) is 19.3 Å². The lowest BCUT2D eigenvalue weighted by Crippen LogP contribution is -2.28. The van der Waals surface area contributed by atoms with Crippen LogP contribution in [-0.4, -0.2) is 12.5 Å². The Morgan fingerprint density at radius 1 is 1.27 bits per heavy atom. The molecule has 82 valence electrons. The summed E-state index contributed by atoms with van der Waals surface area (Å²) in [5.74, 6) is -0.165. The van der Waals surface area contributed by atoms with Gasteiger partial charge in [-0.25, -0.2) is 4.39 Å². The fraction of sp³-hybridized carbons (Fsp3) is 0.364. The second-order valence-electron chi connectivity index (χ2n) is 4.13. The highest BCUT2D eigenvalue weighted by Crippen LogP contribution is 2.23. The smallest absolute Gasteiger partial charge is 0.185 e. The summed E-state index contributed by atoms with van der Waals surface area (Å²) in [4.78, 5) is 3.97. The van der Waals surface area contributed by atoms with E-state index in [0.29, 0.717) is 6.54 Å². The average molecular weight is 209 g/mol. The van der Waals surface area contributed by atoms with Crippen LogP contribution in [0.1, 0.15) is 19.4 Å². The van der Waals surface area contributed by atoms with Crippen LogP contribution in [0.5, 0.6) is 0 Å². The first-order valence-electron chi connectivity index (χ1n) is 4.73. The van der Waals surface area contributed by atoms with Gasteiger partial charge in [-0.1, -0.05) is 26.0 Å². The monoisotopic (exact) mass is 209 g/mol. The Morgan fingerprint density at radius 3 is 2.27 bits per heavy atom. The highest BCUT2D eigenvalue weighted by atomic mass is 19.1. The van der Waals surface area contributed by atoms with Gasteiger partial charge in [-0.2, -0.15) is 0 Å². The highest BCUT2D eigenvalue weighted by Gasteiger charge is 2.19. The average Bonchev–Trinajstić information content (AvgIpc) is 2.16. The maximum Gasteiger partial charge on any atom is 0.185 e. The van der Waals surface area contributed by atoms with E-state index in [1.807, 2.05) is 13.8 Å². The van der Waals surface area contributed by atoms with Gasteiger partial charge in [0.05, 0.1) is 6.54 Å². The van der Waals surface area contributed by atoms with Crippen molar-refractivity contribution in [1.29, 1.82) is 0 Å². The molecule has 4 N–H and O–H groups in total. The van der Waals surface area contributed by atoms with Gasteiger partial charge in [-0.15, -0.1) is 0 Å². The Labute approximate surface area is 89.0 Å². The van der Waals surface area contributed by atoms with E-state index < -0.39 is 0 Å². The molecule has 0 atom stereocenters. The molecule has 0 bridgehead atoms. The largest absolute Gasteiger partial charge is 0.370 e. The van der Waals surface area contributed by atoms with Crippen LogP contribution in [-0.2, 0) is 5.41 Å². The Hall–Kier alpha value is -1.58. The highest BCUT2D eigenvalue weighted by molar-refractivity contribution is 5.75. The number of hydrogen-bond donors (Lipinski definition) is 2. The Bertz CT molecular complexity index is 351. The Kier molecular flexibility index (Phi) is 3.29.